The molecule has 0 amide bonds. The molecule has 0 saturated carbocycles. The first-order valence-electron chi connectivity index (χ1n) is 5.60. The van der Waals surface area contributed by atoms with E-state index in [1.165, 1.54) is 12.1 Å². The van der Waals surface area contributed by atoms with E-state index in [4.69, 9.17) is 5.73 Å². The van der Waals surface area contributed by atoms with Crippen LogP contribution in [0.15, 0.2) is 29.3 Å². The molecule has 19 heavy (non-hydrogen) atoms. The van der Waals surface area contributed by atoms with E-state index in [1.54, 1.807) is 6.07 Å². The summed E-state index contributed by atoms with van der Waals surface area (Å²) in [6.07, 6.45) is 1.70. The molecule has 3 N–H and O–H groups in total. The van der Waals surface area contributed by atoms with Crippen LogP contribution in [-0.4, -0.2) is 25.2 Å². The molecule has 0 bridgehead atoms. The molecule has 0 spiro atoms. The zero-order chi connectivity index (χ0) is 13.6. The molecular formula is C11H11FN4O2S. The number of aromatic amines is 1. The molecule has 0 aliphatic carbocycles. The topological polar surface area (TPSA) is 92.1 Å². The lowest BCUT2D eigenvalue weighted by Gasteiger charge is -2.18. The lowest BCUT2D eigenvalue weighted by molar-refractivity contribution is 0.592. The second-order valence-corrected chi connectivity index (χ2v) is 6.08. The Morgan fingerprint density at radius 1 is 1.42 bits per heavy atom. The maximum atomic E-state index is 13.3. The van der Waals surface area contributed by atoms with Crippen molar-refractivity contribution in [3.05, 3.63) is 35.8 Å². The number of sulfonamides is 1. The van der Waals surface area contributed by atoms with Gasteiger partial charge in [-0.05, 0) is 24.1 Å². The van der Waals surface area contributed by atoms with Gasteiger partial charge < -0.3 is 5.73 Å². The van der Waals surface area contributed by atoms with Gasteiger partial charge in [-0.2, -0.15) is 5.10 Å². The van der Waals surface area contributed by atoms with Crippen molar-refractivity contribution in [1.29, 1.82) is 0 Å². The maximum Gasteiger partial charge on any atom is 0.269 e. The highest BCUT2D eigenvalue weighted by Gasteiger charge is 2.33. The van der Waals surface area contributed by atoms with Gasteiger partial charge >= 0.3 is 0 Å². The Morgan fingerprint density at radius 2 is 2.21 bits per heavy atom. The largest absolute Gasteiger partial charge is 0.383 e. The van der Waals surface area contributed by atoms with E-state index in [1.807, 2.05) is 0 Å². The van der Waals surface area contributed by atoms with Crippen LogP contribution in [0.1, 0.15) is 5.56 Å². The van der Waals surface area contributed by atoms with E-state index in [0.29, 0.717) is 12.1 Å². The number of aromatic nitrogens is 2. The molecule has 0 atom stereocenters. The number of hydrogen-bond donors (Lipinski definition) is 2. The summed E-state index contributed by atoms with van der Waals surface area (Å²) in [5.41, 5.74) is 6.71. The first-order valence-corrected chi connectivity index (χ1v) is 7.04. The van der Waals surface area contributed by atoms with Crippen LogP contribution in [0, 0.1) is 5.82 Å². The highest BCUT2D eigenvalue weighted by molar-refractivity contribution is 7.93. The third kappa shape index (κ3) is 1.75. The minimum atomic E-state index is -3.81. The van der Waals surface area contributed by atoms with Gasteiger partial charge in [0.15, 0.2) is 0 Å². The number of benzene rings is 1. The standard InChI is InChI=1S/C11H11FN4O2S/c12-8-2-1-7-3-4-16(9(7)5-8)19(17,18)10-6-14-15-11(10)13/h1-2,5-6H,3-4H2,(H3,13,14,15). The molecule has 100 valence electrons. The molecule has 1 aliphatic heterocycles. The van der Waals surface area contributed by atoms with Gasteiger partial charge in [0.05, 0.1) is 11.9 Å². The lowest BCUT2D eigenvalue weighted by atomic mass is 10.2. The molecule has 8 heteroatoms. The molecule has 0 unspecified atom stereocenters. The van der Waals surface area contributed by atoms with Crippen LogP contribution in [0.4, 0.5) is 15.9 Å². The summed E-state index contributed by atoms with van der Waals surface area (Å²) in [5.74, 6) is -0.495. The van der Waals surface area contributed by atoms with Crippen molar-refractivity contribution in [3.63, 3.8) is 0 Å². The second-order valence-electron chi connectivity index (χ2n) is 4.25. The van der Waals surface area contributed by atoms with E-state index in [-0.39, 0.29) is 17.3 Å². The predicted octanol–water partition coefficient (Wildman–Crippen LogP) is 0.882. The van der Waals surface area contributed by atoms with Crippen LogP contribution < -0.4 is 10.0 Å². The van der Waals surface area contributed by atoms with Crippen LogP contribution in [0.2, 0.25) is 0 Å². The Morgan fingerprint density at radius 3 is 2.89 bits per heavy atom. The monoisotopic (exact) mass is 282 g/mol. The molecule has 2 aromatic rings. The van der Waals surface area contributed by atoms with Crippen molar-refractivity contribution in [2.75, 3.05) is 16.6 Å². The average molecular weight is 282 g/mol. The smallest absolute Gasteiger partial charge is 0.269 e. The minimum Gasteiger partial charge on any atom is -0.383 e. The van der Waals surface area contributed by atoms with E-state index < -0.39 is 15.8 Å². The van der Waals surface area contributed by atoms with Crippen LogP contribution >= 0.6 is 0 Å². The maximum absolute atomic E-state index is 13.3. The van der Waals surface area contributed by atoms with E-state index in [9.17, 15) is 12.8 Å². The van der Waals surface area contributed by atoms with E-state index in [0.717, 1.165) is 16.1 Å². The number of fused-ring (bicyclic) bond motifs is 1. The van der Waals surface area contributed by atoms with Gasteiger partial charge in [-0.25, -0.2) is 12.8 Å². The zero-order valence-corrected chi connectivity index (χ0v) is 10.6. The molecule has 1 aromatic heterocycles. The Kier molecular flexibility index (Phi) is 2.49. The lowest BCUT2D eigenvalue weighted by Crippen LogP contribution is -2.29. The third-order valence-electron chi connectivity index (χ3n) is 3.10. The van der Waals surface area contributed by atoms with Crippen LogP contribution in [0.5, 0.6) is 0 Å². The second kappa shape index (κ2) is 3.95. The molecular weight excluding hydrogens is 271 g/mol. The highest BCUT2D eigenvalue weighted by atomic mass is 32.2. The SMILES string of the molecule is Nc1[nH]ncc1S(=O)(=O)N1CCc2ccc(F)cc21. The number of H-pyrrole nitrogens is 1. The summed E-state index contributed by atoms with van der Waals surface area (Å²) in [6, 6.07) is 4.14. The molecule has 6 nitrogen and oxygen atoms in total. The number of nitrogens with one attached hydrogen (secondary N) is 1. The zero-order valence-electron chi connectivity index (χ0n) is 9.80. The van der Waals surface area contributed by atoms with Crippen LogP contribution in [0.25, 0.3) is 0 Å². The van der Waals surface area contributed by atoms with Gasteiger partial charge in [0, 0.05) is 6.54 Å². The van der Waals surface area contributed by atoms with Crippen molar-refractivity contribution < 1.29 is 12.8 Å². The molecule has 1 aliphatic rings. The van der Waals surface area contributed by atoms with Gasteiger partial charge in [-0.1, -0.05) is 6.07 Å². The fraction of sp³-hybridized carbons (Fsp3) is 0.182. The van der Waals surface area contributed by atoms with E-state index in [2.05, 4.69) is 10.2 Å². The van der Waals surface area contributed by atoms with Crippen molar-refractivity contribution >= 4 is 21.5 Å². The summed E-state index contributed by atoms with van der Waals surface area (Å²) < 4.78 is 39.3. The number of anilines is 2. The van der Waals surface area contributed by atoms with E-state index >= 15 is 0 Å². The van der Waals surface area contributed by atoms with Gasteiger partial charge in [-0.3, -0.25) is 9.40 Å². The van der Waals surface area contributed by atoms with Gasteiger partial charge in [0.1, 0.15) is 16.5 Å². The number of nitrogens with two attached hydrogens (primary N) is 1. The quantitative estimate of drug-likeness (QED) is 0.855. The normalized spacial score (nSPS) is 14.7. The predicted molar refractivity (Wildman–Crippen MR) is 67.6 cm³/mol. The molecule has 0 radical (unpaired) electrons. The van der Waals surface area contributed by atoms with Gasteiger partial charge in [-0.15, -0.1) is 0 Å². The van der Waals surface area contributed by atoms with Gasteiger partial charge in [0.25, 0.3) is 10.0 Å². The Balaban J connectivity index is 2.11. The number of rotatable bonds is 2. The summed E-state index contributed by atoms with van der Waals surface area (Å²) in [5, 5.41) is 5.98. The number of hydrogen-bond acceptors (Lipinski definition) is 4. The number of halogens is 1. The van der Waals surface area contributed by atoms with Gasteiger partial charge in [0.2, 0.25) is 0 Å². The number of nitrogens with zero attached hydrogens (tertiary/aromatic N) is 2. The molecule has 2 heterocycles. The summed E-state index contributed by atoms with van der Waals surface area (Å²) in [4.78, 5) is -0.0930. The molecule has 3 rings (SSSR count). The summed E-state index contributed by atoms with van der Waals surface area (Å²) in [7, 11) is -3.81. The average Bonchev–Trinajstić information content (AvgIpc) is 2.94. The fourth-order valence-electron chi connectivity index (χ4n) is 2.18. The fourth-order valence-corrected chi connectivity index (χ4v) is 3.69. The molecule has 1 aromatic carbocycles. The minimum absolute atomic E-state index is 0.0233. The first kappa shape index (κ1) is 12.0. The van der Waals surface area contributed by atoms with Crippen molar-refractivity contribution in [3.8, 4) is 0 Å². The summed E-state index contributed by atoms with van der Waals surface area (Å²) in [6.45, 7) is 0.270. The van der Waals surface area contributed by atoms with Crippen LogP contribution in [-0.2, 0) is 16.4 Å². The number of nitrogen functional groups attached to an aromatic ring is 1. The molecule has 0 saturated heterocycles. The summed E-state index contributed by atoms with van der Waals surface area (Å²) >= 11 is 0. The molecule has 0 fully saturated rings. The van der Waals surface area contributed by atoms with Crippen molar-refractivity contribution in [2.24, 2.45) is 0 Å². The third-order valence-corrected chi connectivity index (χ3v) is 4.94. The first-order chi connectivity index (χ1) is 9.00. The Hall–Kier alpha value is -2.09. The van der Waals surface area contributed by atoms with Crippen molar-refractivity contribution in [1.82, 2.24) is 10.2 Å². The Bertz CT molecular complexity index is 741. The van der Waals surface area contributed by atoms with Crippen LogP contribution in [0.3, 0.4) is 0 Å². The highest BCUT2D eigenvalue weighted by Crippen LogP contribution is 2.34. The Labute approximate surface area is 109 Å². The van der Waals surface area contributed by atoms with Crippen molar-refractivity contribution in [2.45, 2.75) is 11.3 Å².